The van der Waals surface area contributed by atoms with Gasteiger partial charge in [0.15, 0.2) is 17.3 Å². The lowest BCUT2D eigenvalue weighted by Crippen LogP contribution is -2.41. The Morgan fingerprint density at radius 2 is 1.74 bits per heavy atom. The van der Waals surface area contributed by atoms with Crippen molar-refractivity contribution in [2.45, 2.75) is 88.2 Å². The number of hydrogen-bond donors (Lipinski definition) is 0. The van der Waals surface area contributed by atoms with Crippen LogP contribution in [0.2, 0.25) is 0 Å². The summed E-state index contributed by atoms with van der Waals surface area (Å²) in [5, 5.41) is 0. The van der Waals surface area contributed by atoms with Crippen LogP contribution in [0, 0.1) is 0 Å². The Balaban J connectivity index is 1.29. The molecule has 14 heteroatoms. The number of nitrogens with zero attached hydrogens (tertiary/aromatic N) is 7. The Kier molecular flexibility index (Phi) is 7.33. The Morgan fingerprint density at radius 1 is 1.02 bits per heavy atom. The quantitative estimate of drug-likeness (QED) is 0.214. The third kappa shape index (κ3) is 4.92. The number of fused-ring (bicyclic) bond motifs is 2. The highest BCUT2D eigenvalue weighted by atomic mass is 32.2. The summed E-state index contributed by atoms with van der Waals surface area (Å²) < 4.78 is 76.7. The Hall–Kier alpha value is -4.07. The molecule has 3 aromatic heterocycles. The fourth-order valence-electron chi connectivity index (χ4n) is 6.75. The van der Waals surface area contributed by atoms with E-state index in [1.165, 1.54) is 22.3 Å². The average molecular weight is 654 g/mol. The van der Waals surface area contributed by atoms with Gasteiger partial charge in [0.05, 0.1) is 19.3 Å². The topological polar surface area (TPSA) is 116 Å². The highest BCUT2D eigenvalue weighted by molar-refractivity contribution is 7.94. The molecule has 2 saturated carbocycles. The van der Waals surface area contributed by atoms with Crippen LogP contribution in [0.3, 0.4) is 0 Å². The number of aromatic nitrogens is 6. The van der Waals surface area contributed by atoms with Gasteiger partial charge in [-0.25, -0.2) is 37.6 Å². The number of alkyl halides is 3. The highest BCUT2D eigenvalue weighted by Crippen LogP contribution is 2.55. The third-order valence-corrected chi connectivity index (χ3v) is 11.8. The van der Waals surface area contributed by atoms with Crippen molar-refractivity contribution in [2.75, 3.05) is 11.4 Å². The number of halogens is 3. The van der Waals surface area contributed by atoms with Crippen LogP contribution < -0.4 is 9.04 Å². The van der Waals surface area contributed by atoms with Crippen LogP contribution >= 0.6 is 0 Å². The molecule has 46 heavy (non-hydrogen) atoms. The van der Waals surface area contributed by atoms with E-state index >= 15 is 0 Å². The number of ether oxygens (including phenoxy) is 1. The van der Waals surface area contributed by atoms with Crippen molar-refractivity contribution < 1.29 is 26.3 Å². The van der Waals surface area contributed by atoms with Crippen molar-refractivity contribution in [1.29, 1.82) is 0 Å². The molecule has 0 radical (unpaired) electrons. The van der Waals surface area contributed by atoms with Crippen LogP contribution in [0.4, 0.5) is 19.0 Å². The van der Waals surface area contributed by atoms with Crippen molar-refractivity contribution in [3.8, 4) is 28.7 Å². The lowest BCUT2D eigenvalue weighted by Gasteiger charge is -2.33. The first-order valence-electron chi connectivity index (χ1n) is 15.5. The molecule has 4 heterocycles. The number of methoxy groups -OCH3 is 1. The van der Waals surface area contributed by atoms with E-state index < -0.39 is 26.6 Å². The summed E-state index contributed by atoms with van der Waals surface area (Å²) in [6.45, 7) is 3.58. The molecular weight excluding hydrogens is 619 g/mol. The van der Waals surface area contributed by atoms with Gasteiger partial charge in [0, 0.05) is 35.5 Å². The summed E-state index contributed by atoms with van der Waals surface area (Å²) in [7, 11) is -2.38. The van der Waals surface area contributed by atoms with Crippen molar-refractivity contribution in [2.24, 2.45) is 0 Å². The molecule has 2 fully saturated rings. The molecule has 10 nitrogen and oxygen atoms in total. The van der Waals surface area contributed by atoms with Crippen LogP contribution in [0.25, 0.3) is 22.8 Å². The molecule has 3 aliphatic rings. The number of benzene rings is 1. The number of hydrogen-bond acceptors (Lipinski definition) is 8. The SMILES string of the molecule is COc1ncnc(C2CC2)c1-c1ncc2c(n1)N(Cc1ccc(-c3nc(C(F)(F)F)cn3C(C)C)cc1)S(=O)(=O)C21CCCCC1. The van der Waals surface area contributed by atoms with Crippen LogP contribution in [-0.4, -0.2) is 45.0 Å². The van der Waals surface area contributed by atoms with Crippen molar-refractivity contribution in [3.63, 3.8) is 0 Å². The first-order valence-corrected chi connectivity index (χ1v) is 16.9. The predicted octanol–water partition coefficient (Wildman–Crippen LogP) is 6.79. The van der Waals surface area contributed by atoms with E-state index in [0.29, 0.717) is 52.6 Å². The zero-order valence-electron chi connectivity index (χ0n) is 25.8. The molecule has 242 valence electrons. The van der Waals surface area contributed by atoms with E-state index in [0.717, 1.165) is 44.0 Å². The Morgan fingerprint density at radius 3 is 2.37 bits per heavy atom. The molecule has 0 saturated heterocycles. The van der Waals surface area contributed by atoms with E-state index in [9.17, 15) is 21.6 Å². The molecule has 0 unspecified atom stereocenters. The van der Waals surface area contributed by atoms with E-state index in [1.807, 2.05) is 0 Å². The maximum Gasteiger partial charge on any atom is 0.434 e. The fraction of sp³-hybridized carbons (Fsp3) is 0.469. The maximum atomic E-state index is 14.5. The van der Waals surface area contributed by atoms with Crippen LogP contribution in [-0.2, 0) is 27.5 Å². The number of imidazole rings is 1. The second-order valence-electron chi connectivity index (χ2n) is 12.6. The second kappa shape index (κ2) is 11.0. The number of rotatable bonds is 7. The molecule has 0 bridgehead atoms. The first kappa shape index (κ1) is 30.6. The molecule has 0 amide bonds. The van der Waals surface area contributed by atoms with E-state index in [2.05, 4.69) is 15.0 Å². The number of anilines is 1. The van der Waals surface area contributed by atoms with Gasteiger partial charge in [-0.2, -0.15) is 13.2 Å². The van der Waals surface area contributed by atoms with Crippen molar-refractivity contribution in [3.05, 3.63) is 65.5 Å². The minimum absolute atomic E-state index is 0.00184. The van der Waals surface area contributed by atoms with E-state index in [1.54, 1.807) is 44.3 Å². The monoisotopic (exact) mass is 653 g/mol. The smallest absolute Gasteiger partial charge is 0.434 e. The standard InChI is InChI=1S/C32H34F3N7O3S/c1-19(2)41-17-24(32(33,34)35)39-28(41)22-9-7-20(8-10-22)16-42-29-23(31(46(42,43)44)13-5-4-6-14-31)15-36-27(40-29)25-26(21-11-12-21)37-18-38-30(25)45-3/h7-10,15,17-19,21H,4-6,11-14,16H2,1-3H3. The van der Waals surface area contributed by atoms with Gasteiger partial charge in [-0.3, -0.25) is 0 Å². The number of sulfonamides is 1. The Labute approximate surface area is 265 Å². The molecule has 1 aliphatic heterocycles. The van der Waals surface area contributed by atoms with Gasteiger partial charge < -0.3 is 9.30 Å². The summed E-state index contributed by atoms with van der Waals surface area (Å²) in [4.78, 5) is 22.3. The molecule has 7 rings (SSSR count). The van der Waals surface area contributed by atoms with E-state index in [-0.39, 0.29) is 24.3 Å². The highest BCUT2D eigenvalue weighted by Gasteiger charge is 2.57. The van der Waals surface area contributed by atoms with Gasteiger partial charge in [0.1, 0.15) is 22.5 Å². The largest absolute Gasteiger partial charge is 0.480 e. The summed E-state index contributed by atoms with van der Waals surface area (Å²) in [6, 6.07) is 6.56. The summed E-state index contributed by atoms with van der Waals surface area (Å²) in [5.41, 5.74) is 2.14. The minimum Gasteiger partial charge on any atom is -0.480 e. The summed E-state index contributed by atoms with van der Waals surface area (Å²) in [5.74, 6) is 1.40. The van der Waals surface area contributed by atoms with Crippen LogP contribution in [0.5, 0.6) is 5.88 Å². The van der Waals surface area contributed by atoms with Crippen molar-refractivity contribution in [1.82, 2.24) is 29.5 Å². The predicted molar refractivity (Wildman–Crippen MR) is 165 cm³/mol. The van der Waals surface area contributed by atoms with Gasteiger partial charge in [0.2, 0.25) is 15.9 Å². The second-order valence-corrected chi connectivity index (χ2v) is 14.7. The summed E-state index contributed by atoms with van der Waals surface area (Å²) in [6.07, 6.45) is 4.97. The van der Waals surface area contributed by atoms with Gasteiger partial charge in [0.25, 0.3) is 0 Å². The van der Waals surface area contributed by atoms with Gasteiger partial charge in [-0.1, -0.05) is 43.5 Å². The maximum absolute atomic E-state index is 14.5. The van der Waals surface area contributed by atoms with Gasteiger partial charge in [-0.15, -0.1) is 0 Å². The molecule has 2 aliphatic carbocycles. The molecule has 1 aromatic carbocycles. The van der Waals surface area contributed by atoms with Crippen LogP contribution in [0.15, 0.2) is 43.0 Å². The lowest BCUT2D eigenvalue weighted by molar-refractivity contribution is -0.140. The molecule has 1 spiro atoms. The minimum atomic E-state index is -4.57. The zero-order valence-corrected chi connectivity index (χ0v) is 26.6. The van der Waals surface area contributed by atoms with E-state index in [4.69, 9.17) is 14.7 Å². The molecular formula is C32H34F3N7O3S. The van der Waals surface area contributed by atoms with Gasteiger partial charge >= 0.3 is 6.18 Å². The fourth-order valence-corrected chi connectivity index (χ4v) is 9.09. The zero-order chi connectivity index (χ0) is 32.4. The normalized spacial score (nSPS) is 18.7. The molecule has 4 aromatic rings. The first-order chi connectivity index (χ1) is 21.9. The summed E-state index contributed by atoms with van der Waals surface area (Å²) >= 11 is 0. The third-order valence-electron chi connectivity index (χ3n) is 9.28. The average Bonchev–Trinajstić information content (AvgIpc) is 3.76. The van der Waals surface area contributed by atoms with Crippen molar-refractivity contribution >= 4 is 15.8 Å². The van der Waals surface area contributed by atoms with Crippen LogP contribution in [0.1, 0.15) is 93.3 Å². The Bertz CT molecular complexity index is 1900. The van der Waals surface area contributed by atoms with Gasteiger partial charge in [-0.05, 0) is 45.1 Å². The molecule has 0 N–H and O–H groups in total. The molecule has 0 atom stereocenters. The lowest BCUT2D eigenvalue weighted by atomic mass is 9.84.